The van der Waals surface area contributed by atoms with Gasteiger partial charge >= 0.3 is 0 Å². The van der Waals surface area contributed by atoms with Crippen molar-refractivity contribution in [3.63, 3.8) is 0 Å². The molecule has 0 amide bonds. The van der Waals surface area contributed by atoms with Crippen LogP contribution in [0.1, 0.15) is 18.4 Å². The minimum Gasteiger partial charge on any atom is -0.327 e. The van der Waals surface area contributed by atoms with Crippen LogP contribution < -0.4 is 5.73 Å². The van der Waals surface area contributed by atoms with Gasteiger partial charge in [-0.25, -0.2) is 12.7 Å². The molecular formula is C14H23N3O2S. The predicted octanol–water partition coefficient (Wildman–Crippen LogP) is 0.860. The topological polar surface area (TPSA) is 66.6 Å². The molecule has 0 bridgehead atoms. The Hall–Kier alpha value is -0.950. The molecule has 1 fully saturated rings. The molecule has 1 aliphatic heterocycles. The summed E-state index contributed by atoms with van der Waals surface area (Å²) in [5, 5.41) is 0. The number of benzene rings is 1. The maximum absolute atomic E-state index is 12.0. The predicted molar refractivity (Wildman–Crippen MR) is 79.8 cm³/mol. The lowest BCUT2D eigenvalue weighted by Gasteiger charge is -2.30. The van der Waals surface area contributed by atoms with Crippen molar-refractivity contribution < 1.29 is 8.42 Å². The van der Waals surface area contributed by atoms with E-state index >= 15 is 0 Å². The number of sulfonamides is 1. The highest BCUT2D eigenvalue weighted by Crippen LogP contribution is 2.16. The number of likely N-dealkylation sites (tertiary alicyclic amines) is 1. The zero-order valence-corrected chi connectivity index (χ0v) is 12.9. The van der Waals surface area contributed by atoms with Gasteiger partial charge in [0.25, 0.3) is 0 Å². The Balaban J connectivity index is 2.05. The first kappa shape index (κ1) is 15.4. The highest BCUT2D eigenvalue weighted by atomic mass is 32.2. The van der Waals surface area contributed by atoms with Crippen molar-refractivity contribution in [2.75, 3.05) is 27.2 Å². The standard InChI is InChI=1S/C14H23N3O2S/c1-16(2)20(18,19)14-7-5-12(6-8-14)10-17-9-3-4-13(15)11-17/h5-8,13H,3-4,9-11,15H2,1-2H3/t13-/m1/s1. The van der Waals surface area contributed by atoms with Crippen LogP contribution in [0.25, 0.3) is 0 Å². The van der Waals surface area contributed by atoms with Crippen molar-refractivity contribution >= 4 is 10.0 Å². The lowest BCUT2D eigenvalue weighted by Crippen LogP contribution is -2.42. The molecule has 0 spiro atoms. The van der Waals surface area contributed by atoms with E-state index in [-0.39, 0.29) is 6.04 Å². The second-order valence-electron chi connectivity index (χ2n) is 5.57. The molecule has 5 nitrogen and oxygen atoms in total. The first-order valence-electron chi connectivity index (χ1n) is 6.89. The number of hydrogen-bond donors (Lipinski definition) is 1. The summed E-state index contributed by atoms with van der Waals surface area (Å²) in [5.41, 5.74) is 7.09. The zero-order chi connectivity index (χ0) is 14.8. The Morgan fingerprint density at radius 1 is 1.30 bits per heavy atom. The van der Waals surface area contributed by atoms with Gasteiger partial charge in [0.2, 0.25) is 10.0 Å². The Morgan fingerprint density at radius 2 is 1.95 bits per heavy atom. The monoisotopic (exact) mass is 297 g/mol. The van der Waals surface area contributed by atoms with E-state index in [1.807, 2.05) is 12.1 Å². The van der Waals surface area contributed by atoms with E-state index in [9.17, 15) is 8.42 Å². The normalized spacial score (nSPS) is 21.3. The fourth-order valence-electron chi connectivity index (χ4n) is 2.47. The molecule has 1 aliphatic rings. The van der Waals surface area contributed by atoms with Crippen molar-refractivity contribution in [1.82, 2.24) is 9.21 Å². The highest BCUT2D eigenvalue weighted by molar-refractivity contribution is 7.89. The number of nitrogens with two attached hydrogens (primary N) is 1. The summed E-state index contributed by atoms with van der Waals surface area (Å²) in [6.45, 7) is 2.80. The van der Waals surface area contributed by atoms with Crippen molar-refractivity contribution in [2.45, 2.75) is 30.3 Å². The first-order valence-corrected chi connectivity index (χ1v) is 8.33. The molecule has 112 valence electrons. The Bertz CT molecular complexity index is 540. The van der Waals surface area contributed by atoms with Gasteiger partial charge in [-0.05, 0) is 37.1 Å². The summed E-state index contributed by atoms with van der Waals surface area (Å²) in [6, 6.07) is 7.38. The van der Waals surface area contributed by atoms with Crippen molar-refractivity contribution in [3.05, 3.63) is 29.8 Å². The average molecular weight is 297 g/mol. The fourth-order valence-corrected chi connectivity index (χ4v) is 3.37. The largest absolute Gasteiger partial charge is 0.327 e. The van der Waals surface area contributed by atoms with Gasteiger partial charge in [0.15, 0.2) is 0 Å². The average Bonchev–Trinajstić information content (AvgIpc) is 2.39. The Morgan fingerprint density at radius 3 is 2.50 bits per heavy atom. The van der Waals surface area contributed by atoms with Crippen LogP contribution in [0.15, 0.2) is 29.2 Å². The van der Waals surface area contributed by atoms with Gasteiger partial charge in [0.05, 0.1) is 4.90 Å². The van der Waals surface area contributed by atoms with Crippen molar-refractivity contribution in [3.8, 4) is 0 Å². The number of nitrogens with zero attached hydrogens (tertiary/aromatic N) is 2. The number of hydrogen-bond acceptors (Lipinski definition) is 4. The summed E-state index contributed by atoms with van der Waals surface area (Å²) >= 11 is 0. The van der Waals surface area contributed by atoms with Gasteiger partial charge in [0.1, 0.15) is 0 Å². The molecule has 2 rings (SSSR count). The minimum atomic E-state index is -3.34. The molecule has 0 saturated carbocycles. The van der Waals surface area contributed by atoms with E-state index < -0.39 is 10.0 Å². The molecule has 1 aromatic carbocycles. The highest BCUT2D eigenvalue weighted by Gasteiger charge is 2.18. The van der Waals surface area contributed by atoms with E-state index in [0.29, 0.717) is 4.90 Å². The SMILES string of the molecule is CN(C)S(=O)(=O)c1ccc(CN2CCC[C@@H](N)C2)cc1. The third-order valence-electron chi connectivity index (χ3n) is 3.65. The second-order valence-corrected chi connectivity index (χ2v) is 7.72. The molecule has 20 heavy (non-hydrogen) atoms. The molecule has 6 heteroatoms. The van der Waals surface area contributed by atoms with E-state index in [1.165, 1.54) is 4.31 Å². The second kappa shape index (κ2) is 6.22. The zero-order valence-electron chi connectivity index (χ0n) is 12.1. The lowest BCUT2D eigenvalue weighted by molar-refractivity contribution is 0.201. The number of rotatable bonds is 4. The van der Waals surface area contributed by atoms with E-state index in [4.69, 9.17) is 5.73 Å². The van der Waals surface area contributed by atoms with E-state index in [0.717, 1.165) is 38.0 Å². The van der Waals surface area contributed by atoms with Crippen LogP contribution in [0.2, 0.25) is 0 Å². The van der Waals surface area contributed by atoms with Gasteiger partial charge in [-0.15, -0.1) is 0 Å². The van der Waals surface area contributed by atoms with Gasteiger partial charge in [-0.1, -0.05) is 12.1 Å². The number of piperidine rings is 1. The summed E-state index contributed by atoms with van der Waals surface area (Å²) in [5.74, 6) is 0. The third kappa shape index (κ3) is 3.58. The van der Waals surface area contributed by atoms with E-state index in [1.54, 1.807) is 26.2 Å². The van der Waals surface area contributed by atoms with E-state index in [2.05, 4.69) is 4.90 Å². The van der Waals surface area contributed by atoms with Crippen LogP contribution in [-0.4, -0.2) is 50.8 Å². The molecule has 1 heterocycles. The summed E-state index contributed by atoms with van der Waals surface area (Å²) in [6.07, 6.45) is 2.23. The Kier molecular flexibility index (Phi) is 4.80. The third-order valence-corrected chi connectivity index (χ3v) is 5.48. The van der Waals surface area contributed by atoms with Crippen LogP contribution in [-0.2, 0) is 16.6 Å². The molecule has 1 saturated heterocycles. The van der Waals surface area contributed by atoms with Gasteiger partial charge < -0.3 is 5.73 Å². The lowest BCUT2D eigenvalue weighted by atomic mass is 10.1. The van der Waals surface area contributed by atoms with Crippen molar-refractivity contribution in [2.24, 2.45) is 5.73 Å². The summed E-state index contributed by atoms with van der Waals surface area (Å²) in [4.78, 5) is 2.66. The molecule has 2 N–H and O–H groups in total. The molecule has 1 aromatic rings. The van der Waals surface area contributed by atoms with Crippen LogP contribution in [0, 0.1) is 0 Å². The Labute approximate surface area is 121 Å². The van der Waals surface area contributed by atoms with Gasteiger partial charge in [-0.2, -0.15) is 0 Å². The van der Waals surface area contributed by atoms with Gasteiger partial charge in [-0.3, -0.25) is 4.90 Å². The van der Waals surface area contributed by atoms with Gasteiger partial charge in [0, 0.05) is 33.2 Å². The molecule has 1 atom stereocenters. The molecular weight excluding hydrogens is 274 g/mol. The molecule has 0 aliphatic carbocycles. The summed E-state index contributed by atoms with van der Waals surface area (Å²) in [7, 11) is -0.256. The van der Waals surface area contributed by atoms with Crippen molar-refractivity contribution in [1.29, 1.82) is 0 Å². The summed E-state index contributed by atoms with van der Waals surface area (Å²) < 4.78 is 25.2. The smallest absolute Gasteiger partial charge is 0.242 e. The maximum Gasteiger partial charge on any atom is 0.242 e. The van der Waals surface area contributed by atoms with Crippen LogP contribution in [0.4, 0.5) is 0 Å². The van der Waals surface area contributed by atoms with Crippen LogP contribution >= 0.6 is 0 Å². The minimum absolute atomic E-state index is 0.261. The molecule has 0 radical (unpaired) electrons. The fraction of sp³-hybridized carbons (Fsp3) is 0.571. The van der Waals surface area contributed by atoms with Crippen LogP contribution in [0.5, 0.6) is 0 Å². The van der Waals surface area contributed by atoms with Crippen LogP contribution in [0.3, 0.4) is 0 Å². The quantitative estimate of drug-likeness (QED) is 0.895. The molecule has 0 unspecified atom stereocenters. The maximum atomic E-state index is 12.0. The first-order chi connectivity index (χ1) is 9.39. The molecule has 0 aromatic heterocycles.